The van der Waals surface area contributed by atoms with Gasteiger partial charge in [-0.05, 0) is 31.6 Å². The van der Waals surface area contributed by atoms with Gasteiger partial charge in [0.25, 0.3) is 11.5 Å². The van der Waals surface area contributed by atoms with Gasteiger partial charge >= 0.3 is 5.69 Å². The van der Waals surface area contributed by atoms with E-state index in [9.17, 15) is 14.4 Å². The molecule has 23 heavy (non-hydrogen) atoms. The molecule has 2 atom stereocenters. The van der Waals surface area contributed by atoms with E-state index in [1.165, 1.54) is 0 Å². The number of carbonyl (C=O) groups is 1. The number of hydrazone groups is 1. The molecule has 9 heteroatoms. The van der Waals surface area contributed by atoms with Gasteiger partial charge in [0.05, 0.1) is 0 Å². The minimum Gasteiger partial charge on any atom is -0.352 e. The van der Waals surface area contributed by atoms with E-state index in [1.807, 2.05) is 4.98 Å². The molecule has 0 radical (unpaired) electrons. The van der Waals surface area contributed by atoms with Crippen LogP contribution < -0.4 is 22.0 Å². The predicted molar refractivity (Wildman–Crippen MR) is 86.3 cm³/mol. The number of hydrogen-bond donors (Lipinski definition) is 4. The number of nitrogens with zero attached hydrogens (tertiary/aromatic N) is 2. The summed E-state index contributed by atoms with van der Waals surface area (Å²) in [5, 5.41) is 12.4. The van der Waals surface area contributed by atoms with E-state index in [0.29, 0.717) is 12.3 Å². The van der Waals surface area contributed by atoms with Crippen molar-refractivity contribution in [3.05, 3.63) is 33.0 Å². The van der Waals surface area contributed by atoms with Crippen LogP contribution in [-0.4, -0.2) is 33.3 Å². The molecule has 1 amide bonds. The molecule has 0 fully saturated rings. The smallest absolute Gasteiger partial charge is 0.342 e. The first-order valence-corrected chi connectivity index (χ1v) is 7.53. The fourth-order valence-electron chi connectivity index (χ4n) is 2.20. The molecule has 0 spiro atoms. The number of amides is 1. The van der Waals surface area contributed by atoms with Crippen LogP contribution in [0.25, 0.3) is 0 Å². The number of carbonyl (C=O) groups excluding carboxylic acids is 1. The molecule has 0 saturated carbocycles. The van der Waals surface area contributed by atoms with Crippen molar-refractivity contribution in [1.82, 2.24) is 20.6 Å². The van der Waals surface area contributed by atoms with Gasteiger partial charge in [0.2, 0.25) is 5.82 Å². The molecule has 1 aromatic rings. The Balaban J connectivity index is 1.92. The van der Waals surface area contributed by atoms with Crippen LogP contribution in [0.15, 0.2) is 26.8 Å². The minimum atomic E-state index is -0.704. The minimum absolute atomic E-state index is 0.118. The highest BCUT2D eigenvalue weighted by Gasteiger charge is 2.18. The second-order valence-electron chi connectivity index (χ2n) is 5.26. The maximum atomic E-state index is 12.1. The zero-order valence-corrected chi connectivity index (χ0v) is 12.8. The number of anilines is 1. The van der Waals surface area contributed by atoms with Crippen molar-refractivity contribution in [3.8, 4) is 0 Å². The summed E-state index contributed by atoms with van der Waals surface area (Å²) in [5.41, 5.74) is 1.08. The fraction of sp³-hybridized carbons (Fsp3) is 0.500. The Morgan fingerprint density at radius 3 is 3.00 bits per heavy atom. The van der Waals surface area contributed by atoms with Gasteiger partial charge in [-0.15, -0.1) is 5.10 Å². The molecule has 0 bridgehead atoms. The van der Waals surface area contributed by atoms with Crippen molar-refractivity contribution < 1.29 is 4.79 Å². The maximum Gasteiger partial charge on any atom is 0.342 e. The highest BCUT2D eigenvalue weighted by atomic mass is 16.2. The molecule has 1 aliphatic carbocycles. The largest absolute Gasteiger partial charge is 0.352 e. The van der Waals surface area contributed by atoms with E-state index in [2.05, 4.69) is 38.2 Å². The molecule has 0 unspecified atom stereocenters. The molecular formula is C14H20N6O3. The quantitative estimate of drug-likeness (QED) is 0.335. The summed E-state index contributed by atoms with van der Waals surface area (Å²) < 4.78 is 0. The summed E-state index contributed by atoms with van der Waals surface area (Å²) in [4.78, 5) is 36.6. The van der Waals surface area contributed by atoms with Crippen LogP contribution in [0.5, 0.6) is 0 Å². The van der Waals surface area contributed by atoms with Crippen molar-refractivity contribution in [2.24, 2.45) is 11.0 Å². The number of nitrogens with one attached hydrogen (secondary N) is 4. The van der Waals surface area contributed by atoms with Gasteiger partial charge in [0.15, 0.2) is 0 Å². The van der Waals surface area contributed by atoms with E-state index < -0.39 is 17.3 Å². The number of allylic oxidation sites excluding steroid dienone is 2. The Labute approximate surface area is 132 Å². The molecular weight excluding hydrogens is 300 g/mol. The predicted octanol–water partition coefficient (Wildman–Crippen LogP) is 0.107. The monoisotopic (exact) mass is 320 g/mol. The van der Waals surface area contributed by atoms with Crippen LogP contribution in [0.1, 0.15) is 32.6 Å². The topological polar surface area (TPSA) is 132 Å². The van der Waals surface area contributed by atoms with Gasteiger partial charge in [-0.1, -0.05) is 19.1 Å². The van der Waals surface area contributed by atoms with Gasteiger partial charge in [-0.2, -0.15) is 5.10 Å². The normalized spacial score (nSPS) is 18.7. The van der Waals surface area contributed by atoms with Crippen molar-refractivity contribution >= 4 is 17.9 Å². The summed E-state index contributed by atoms with van der Waals surface area (Å²) in [5.74, 6) is -0.160. The van der Waals surface area contributed by atoms with Crippen LogP contribution >= 0.6 is 0 Å². The van der Waals surface area contributed by atoms with Gasteiger partial charge in [0.1, 0.15) is 6.04 Å². The maximum absolute atomic E-state index is 12.1. The van der Waals surface area contributed by atoms with Crippen LogP contribution in [0.2, 0.25) is 0 Å². The Hall–Kier alpha value is -2.71. The van der Waals surface area contributed by atoms with E-state index in [0.717, 1.165) is 19.3 Å². The molecule has 0 aliphatic heterocycles. The molecule has 2 rings (SSSR count). The molecule has 0 saturated heterocycles. The van der Waals surface area contributed by atoms with Gasteiger partial charge in [-0.25, -0.2) is 15.3 Å². The molecule has 4 N–H and O–H groups in total. The molecule has 0 aromatic carbocycles. The highest BCUT2D eigenvalue weighted by Crippen LogP contribution is 2.15. The third-order valence-electron chi connectivity index (χ3n) is 3.52. The van der Waals surface area contributed by atoms with Crippen molar-refractivity contribution in [2.75, 3.05) is 5.32 Å². The number of hydrogen-bond acceptors (Lipinski definition) is 6. The van der Waals surface area contributed by atoms with Crippen LogP contribution in [0.4, 0.5) is 5.82 Å². The van der Waals surface area contributed by atoms with E-state index in [1.54, 1.807) is 13.1 Å². The third kappa shape index (κ3) is 4.90. The zero-order chi connectivity index (χ0) is 16.7. The first kappa shape index (κ1) is 16.7. The number of rotatable bonds is 6. The summed E-state index contributed by atoms with van der Waals surface area (Å²) in [6, 6.07) is -0.682. The lowest BCUT2D eigenvalue weighted by Gasteiger charge is -2.15. The standard InChI is InChI=1S/C14H20N6O3/c1-2-10(16-11-13(22)17-14(23)20-18-11)12(21)19-15-8-9-6-4-3-5-7-9/h3-4,8-10H,2,5-7H2,1H3,(H,16,18)(H,19,21)(H2,17,20,22,23)/t9-,10-/m1/s1. The summed E-state index contributed by atoms with van der Waals surface area (Å²) in [6.45, 7) is 1.78. The summed E-state index contributed by atoms with van der Waals surface area (Å²) in [6.07, 6.45) is 9.35. The summed E-state index contributed by atoms with van der Waals surface area (Å²) >= 11 is 0. The SMILES string of the molecule is CC[C@@H](Nc1n[nH]c(=O)[nH]c1=O)C(=O)NN=C[C@@H]1CC=CCC1. The molecule has 124 valence electrons. The van der Waals surface area contributed by atoms with Crippen LogP contribution in [0.3, 0.4) is 0 Å². The van der Waals surface area contributed by atoms with Crippen molar-refractivity contribution in [2.45, 2.75) is 38.6 Å². The second kappa shape index (κ2) is 8.06. The lowest BCUT2D eigenvalue weighted by molar-refractivity contribution is -0.121. The Bertz CT molecular complexity index is 705. The first-order chi connectivity index (χ1) is 11.1. The number of H-pyrrole nitrogens is 2. The fourth-order valence-corrected chi connectivity index (χ4v) is 2.20. The van der Waals surface area contributed by atoms with Gasteiger partial charge in [0, 0.05) is 6.21 Å². The van der Waals surface area contributed by atoms with Crippen molar-refractivity contribution in [3.63, 3.8) is 0 Å². The molecule has 1 heterocycles. The molecule has 1 aliphatic rings. The highest BCUT2D eigenvalue weighted by molar-refractivity contribution is 5.84. The van der Waals surface area contributed by atoms with Gasteiger partial charge in [-0.3, -0.25) is 14.6 Å². The molecule has 1 aromatic heterocycles. The second-order valence-corrected chi connectivity index (χ2v) is 5.26. The van der Waals surface area contributed by atoms with Crippen LogP contribution in [-0.2, 0) is 4.79 Å². The van der Waals surface area contributed by atoms with E-state index in [4.69, 9.17) is 0 Å². The number of aromatic amines is 2. The average Bonchev–Trinajstić information content (AvgIpc) is 2.55. The van der Waals surface area contributed by atoms with Crippen molar-refractivity contribution in [1.29, 1.82) is 0 Å². The lowest BCUT2D eigenvalue weighted by atomic mass is 9.96. The average molecular weight is 320 g/mol. The van der Waals surface area contributed by atoms with E-state index in [-0.39, 0.29) is 11.7 Å². The zero-order valence-electron chi connectivity index (χ0n) is 12.8. The number of aromatic nitrogens is 3. The van der Waals surface area contributed by atoms with Gasteiger partial charge < -0.3 is 5.32 Å². The Kier molecular flexibility index (Phi) is 5.84. The van der Waals surface area contributed by atoms with Crippen LogP contribution in [0, 0.1) is 5.92 Å². The van der Waals surface area contributed by atoms with E-state index >= 15 is 0 Å². The lowest BCUT2D eigenvalue weighted by Crippen LogP contribution is -2.39. The Morgan fingerprint density at radius 2 is 2.35 bits per heavy atom. The Morgan fingerprint density at radius 1 is 1.52 bits per heavy atom. The molecule has 9 nitrogen and oxygen atoms in total. The first-order valence-electron chi connectivity index (χ1n) is 7.53. The third-order valence-corrected chi connectivity index (χ3v) is 3.52. The summed E-state index contributed by atoms with van der Waals surface area (Å²) in [7, 11) is 0.